The van der Waals surface area contributed by atoms with E-state index in [0.29, 0.717) is 11.8 Å². The van der Waals surface area contributed by atoms with E-state index in [4.69, 9.17) is 5.73 Å². The highest BCUT2D eigenvalue weighted by Gasteiger charge is 2.41. The molecule has 4 heteroatoms. The van der Waals surface area contributed by atoms with Crippen molar-refractivity contribution in [1.82, 2.24) is 5.32 Å². The fraction of sp³-hybridized carbons (Fsp3) is 0.882. The molecule has 1 aliphatic carbocycles. The molecule has 1 fully saturated rings. The van der Waals surface area contributed by atoms with E-state index in [1.807, 2.05) is 20.8 Å². The third kappa shape index (κ3) is 6.06. The van der Waals surface area contributed by atoms with Gasteiger partial charge in [-0.3, -0.25) is 9.59 Å². The number of hydrogen-bond donors (Lipinski definition) is 2. The summed E-state index contributed by atoms with van der Waals surface area (Å²) in [6.45, 7) is 10.2. The highest BCUT2D eigenvalue weighted by atomic mass is 16.2. The van der Waals surface area contributed by atoms with E-state index in [-0.39, 0.29) is 29.2 Å². The Hall–Kier alpha value is -1.06. The Morgan fingerprint density at radius 2 is 1.86 bits per heavy atom. The first-order valence-electron chi connectivity index (χ1n) is 8.27. The van der Waals surface area contributed by atoms with E-state index in [1.165, 1.54) is 6.42 Å². The molecule has 1 rings (SSSR count). The molecule has 4 atom stereocenters. The smallest absolute Gasteiger partial charge is 0.224 e. The number of carbonyl (C=O) groups is 2. The van der Waals surface area contributed by atoms with Crippen LogP contribution in [-0.2, 0) is 9.59 Å². The van der Waals surface area contributed by atoms with Crippen LogP contribution in [-0.4, -0.2) is 17.4 Å². The van der Waals surface area contributed by atoms with E-state index < -0.39 is 0 Å². The lowest BCUT2D eigenvalue weighted by Gasteiger charge is -2.29. The molecule has 2 amide bonds. The van der Waals surface area contributed by atoms with Crippen LogP contribution in [0.4, 0.5) is 0 Å². The van der Waals surface area contributed by atoms with E-state index in [1.54, 1.807) is 0 Å². The molecule has 0 aromatic heterocycles. The van der Waals surface area contributed by atoms with E-state index in [2.05, 4.69) is 19.2 Å². The number of amides is 2. The predicted octanol–water partition coefficient (Wildman–Crippen LogP) is 2.86. The van der Waals surface area contributed by atoms with Gasteiger partial charge in [0, 0.05) is 17.4 Å². The van der Waals surface area contributed by atoms with Gasteiger partial charge in [-0.1, -0.05) is 26.7 Å². The van der Waals surface area contributed by atoms with Gasteiger partial charge in [0.15, 0.2) is 0 Å². The van der Waals surface area contributed by atoms with E-state index in [9.17, 15) is 9.59 Å². The van der Waals surface area contributed by atoms with Crippen molar-refractivity contribution in [3.05, 3.63) is 0 Å². The first kappa shape index (κ1) is 18.0. The second kappa shape index (κ2) is 7.28. The number of nitrogens with two attached hydrogens (primary N) is 1. The monoisotopic (exact) mass is 296 g/mol. The predicted molar refractivity (Wildman–Crippen MR) is 85.5 cm³/mol. The molecule has 3 N–H and O–H groups in total. The second-order valence-corrected chi connectivity index (χ2v) is 7.71. The molecule has 0 bridgehead atoms. The maximum Gasteiger partial charge on any atom is 0.224 e. The summed E-state index contributed by atoms with van der Waals surface area (Å²) in [5.41, 5.74) is 5.31. The van der Waals surface area contributed by atoms with Crippen LogP contribution in [0.15, 0.2) is 0 Å². The molecule has 0 aromatic carbocycles. The highest BCUT2D eigenvalue weighted by Crippen LogP contribution is 2.44. The number of nitrogens with one attached hydrogen (secondary N) is 1. The molecule has 0 aromatic rings. The molecule has 0 spiro atoms. The summed E-state index contributed by atoms with van der Waals surface area (Å²) in [5.74, 6) is 0.300. The van der Waals surface area contributed by atoms with Gasteiger partial charge in [0.2, 0.25) is 11.8 Å². The van der Waals surface area contributed by atoms with Gasteiger partial charge in [-0.15, -0.1) is 0 Å². The SMILES string of the molecule is CCCCC(C(N)=O)C(CC1CC1C)C(=O)NC(C)(C)C. The fourth-order valence-electron chi connectivity index (χ4n) is 2.94. The topological polar surface area (TPSA) is 72.2 Å². The Bertz CT molecular complexity index is 373. The van der Waals surface area contributed by atoms with Gasteiger partial charge < -0.3 is 11.1 Å². The quantitative estimate of drug-likeness (QED) is 0.723. The number of primary amides is 1. The summed E-state index contributed by atoms with van der Waals surface area (Å²) < 4.78 is 0. The van der Waals surface area contributed by atoms with Crippen LogP contribution in [0.5, 0.6) is 0 Å². The standard InChI is InChI=1S/C17H32N2O2/c1-6-7-8-13(15(18)20)14(10-12-9-11(12)2)16(21)19-17(3,4)5/h11-14H,6-10H2,1-5H3,(H2,18,20)(H,19,21). The molecule has 1 saturated carbocycles. The Labute approximate surface area is 129 Å². The molecule has 4 nitrogen and oxygen atoms in total. The number of unbranched alkanes of at least 4 members (excludes halogenated alkanes) is 1. The van der Waals surface area contributed by atoms with Crippen LogP contribution in [0, 0.1) is 23.7 Å². The van der Waals surface area contributed by atoms with Crippen molar-refractivity contribution in [1.29, 1.82) is 0 Å². The average molecular weight is 296 g/mol. The third-order valence-corrected chi connectivity index (χ3v) is 4.39. The Kier molecular flexibility index (Phi) is 6.24. The minimum atomic E-state index is -0.333. The first-order valence-corrected chi connectivity index (χ1v) is 8.27. The summed E-state index contributed by atoms with van der Waals surface area (Å²) in [6, 6.07) is 0. The molecule has 1 aliphatic rings. The summed E-state index contributed by atoms with van der Waals surface area (Å²) in [6.07, 6.45) is 4.62. The molecule has 0 aliphatic heterocycles. The van der Waals surface area contributed by atoms with E-state index in [0.717, 1.165) is 25.7 Å². The normalized spacial score (nSPS) is 24.2. The molecule has 0 saturated heterocycles. The fourth-order valence-corrected chi connectivity index (χ4v) is 2.94. The zero-order valence-electron chi connectivity index (χ0n) is 14.2. The van der Waals surface area contributed by atoms with Gasteiger partial charge >= 0.3 is 0 Å². The van der Waals surface area contributed by atoms with Crippen molar-refractivity contribution < 1.29 is 9.59 Å². The number of carbonyl (C=O) groups excluding carboxylic acids is 2. The maximum absolute atomic E-state index is 12.6. The summed E-state index contributed by atoms with van der Waals surface area (Å²) in [7, 11) is 0. The van der Waals surface area contributed by atoms with Crippen molar-refractivity contribution in [2.45, 2.75) is 72.3 Å². The van der Waals surface area contributed by atoms with Crippen LogP contribution in [0.3, 0.4) is 0 Å². The Morgan fingerprint density at radius 1 is 1.29 bits per heavy atom. The summed E-state index contributed by atoms with van der Waals surface area (Å²) >= 11 is 0. The Morgan fingerprint density at radius 3 is 2.24 bits per heavy atom. The van der Waals surface area contributed by atoms with Crippen LogP contribution >= 0.6 is 0 Å². The van der Waals surface area contributed by atoms with Crippen LogP contribution in [0.1, 0.15) is 66.7 Å². The number of hydrogen-bond acceptors (Lipinski definition) is 2. The van der Waals surface area contributed by atoms with Crippen LogP contribution < -0.4 is 11.1 Å². The van der Waals surface area contributed by atoms with Gasteiger partial charge in [0.05, 0.1) is 0 Å². The van der Waals surface area contributed by atoms with Crippen molar-refractivity contribution in [3.63, 3.8) is 0 Å². The zero-order chi connectivity index (χ0) is 16.2. The maximum atomic E-state index is 12.6. The summed E-state index contributed by atoms with van der Waals surface area (Å²) in [4.78, 5) is 24.5. The van der Waals surface area contributed by atoms with Crippen LogP contribution in [0.25, 0.3) is 0 Å². The largest absolute Gasteiger partial charge is 0.369 e. The van der Waals surface area contributed by atoms with E-state index >= 15 is 0 Å². The zero-order valence-corrected chi connectivity index (χ0v) is 14.2. The lowest BCUT2D eigenvalue weighted by Crippen LogP contribution is -2.47. The molecule has 0 radical (unpaired) electrons. The molecule has 21 heavy (non-hydrogen) atoms. The van der Waals surface area contributed by atoms with Gasteiger partial charge in [-0.25, -0.2) is 0 Å². The number of rotatable bonds is 8. The van der Waals surface area contributed by atoms with Crippen molar-refractivity contribution in [2.75, 3.05) is 0 Å². The molecule has 4 unspecified atom stereocenters. The van der Waals surface area contributed by atoms with Gasteiger partial charge in [-0.2, -0.15) is 0 Å². The second-order valence-electron chi connectivity index (χ2n) is 7.71. The van der Waals surface area contributed by atoms with Gasteiger partial charge in [-0.05, 0) is 51.9 Å². The van der Waals surface area contributed by atoms with Crippen molar-refractivity contribution >= 4 is 11.8 Å². The average Bonchev–Trinajstić information content (AvgIpc) is 3.01. The van der Waals surface area contributed by atoms with Crippen molar-refractivity contribution in [3.8, 4) is 0 Å². The molecular formula is C17H32N2O2. The minimum Gasteiger partial charge on any atom is -0.369 e. The lowest BCUT2D eigenvalue weighted by molar-refractivity contribution is -0.135. The Balaban J connectivity index is 2.82. The van der Waals surface area contributed by atoms with Crippen LogP contribution in [0.2, 0.25) is 0 Å². The molecule has 0 heterocycles. The third-order valence-electron chi connectivity index (χ3n) is 4.39. The lowest BCUT2D eigenvalue weighted by atomic mass is 9.82. The van der Waals surface area contributed by atoms with Gasteiger partial charge in [0.25, 0.3) is 0 Å². The molecular weight excluding hydrogens is 264 g/mol. The van der Waals surface area contributed by atoms with Gasteiger partial charge in [0.1, 0.15) is 0 Å². The minimum absolute atomic E-state index is 0.0125. The highest BCUT2D eigenvalue weighted by molar-refractivity contribution is 5.87. The summed E-state index contributed by atoms with van der Waals surface area (Å²) in [5, 5.41) is 3.03. The first-order chi connectivity index (χ1) is 9.65. The van der Waals surface area contributed by atoms with Crippen molar-refractivity contribution in [2.24, 2.45) is 29.4 Å². The molecule has 122 valence electrons.